The normalized spacial score (nSPS) is 18.1. The summed E-state index contributed by atoms with van der Waals surface area (Å²) >= 11 is 0. The molecule has 0 bridgehead atoms. The molecule has 21 heavy (non-hydrogen) atoms. The molecule has 0 radical (unpaired) electrons. The van der Waals surface area contributed by atoms with Gasteiger partial charge in [-0.2, -0.15) is 0 Å². The van der Waals surface area contributed by atoms with Crippen LogP contribution in [0.5, 0.6) is 0 Å². The fourth-order valence-corrected chi connectivity index (χ4v) is 2.35. The fourth-order valence-electron chi connectivity index (χ4n) is 2.35. The third-order valence-corrected chi connectivity index (χ3v) is 3.11. The molecule has 1 heterocycles. The van der Waals surface area contributed by atoms with Crippen LogP contribution in [-0.2, 0) is 19.2 Å². The number of aliphatic carboxylic acids is 2. The number of carboxylic acid groups (broad SMARTS) is 2. The number of carboxylic acids is 2. The molecule has 8 heteroatoms. The van der Waals surface area contributed by atoms with Gasteiger partial charge in [-0.05, 0) is 5.92 Å². The van der Waals surface area contributed by atoms with Crippen molar-refractivity contribution in [2.45, 2.75) is 20.3 Å². The molecule has 1 atom stereocenters. The van der Waals surface area contributed by atoms with Crippen LogP contribution in [0.4, 0.5) is 0 Å². The molecule has 1 fully saturated rings. The van der Waals surface area contributed by atoms with E-state index in [1.165, 1.54) is 0 Å². The second-order valence-electron chi connectivity index (χ2n) is 5.58. The third-order valence-electron chi connectivity index (χ3n) is 3.11. The van der Waals surface area contributed by atoms with Crippen molar-refractivity contribution in [3.63, 3.8) is 0 Å². The fraction of sp³-hybridized carbons (Fsp3) is 0.692. The SMILES string of the molecule is CC(C)CN1CC(C(=O)N(CC(=O)O)CC(=O)O)CC1=O. The van der Waals surface area contributed by atoms with Crippen LogP contribution in [0.15, 0.2) is 0 Å². The van der Waals surface area contributed by atoms with Gasteiger partial charge in [0.15, 0.2) is 0 Å². The lowest BCUT2D eigenvalue weighted by atomic mass is 10.1. The van der Waals surface area contributed by atoms with Crippen molar-refractivity contribution in [3.05, 3.63) is 0 Å². The Morgan fingerprint density at radius 1 is 1.24 bits per heavy atom. The molecular formula is C13H20N2O6. The summed E-state index contributed by atoms with van der Waals surface area (Å²) in [4.78, 5) is 47.8. The van der Waals surface area contributed by atoms with Crippen LogP contribution < -0.4 is 0 Å². The summed E-state index contributed by atoms with van der Waals surface area (Å²) in [5.74, 6) is -3.74. The maximum Gasteiger partial charge on any atom is 0.323 e. The van der Waals surface area contributed by atoms with Gasteiger partial charge in [0.05, 0.1) is 5.92 Å². The van der Waals surface area contributed by atoms with Gasteiger partial charge in [0, 0.05) is 19.5 Å². The average Bonchev–Trinajstić information content (AvgIpc) is 2.67. The first-order valence-electron chi connectivity index (χ1n) is 6.70. The first kappa shape index (κ1) is 16.9. The van der Waals surface area contributed by atoms with E-state index in [0.29, 0.717) is 6.54 Å². The Labute approximate surface area is 122 Å². The van der Waals surface area contributed by atoms with Gasteiger partial charge in [0.1, 0.15) is 13.1 Å². The Bertz CT molecular complexity index is 432. The molecule has 2 amide bonds. The number of carbonyl (C=O) groups is 4. The summed E-state index contributed by atoms with van der Waals surface area (Å²) in [7, 11) is 0. The van der Waals surface area contributed by atoms with Crippen LogP contribution in [-0.4, -0.2) is 69.9 Å². The molecule has 0 aliphatic carbocycles. The van der Waals surface area contributed by atoms with E-state index in [0.717, 1.165) is 4.90 Å². The van der Waals surface area contributed by atoms with Crippen molar-refractivity contribution in [1.82, 2.24) is 9.80 Å². The highest BCUT2D eigenvalue weighted by atomic mass is 16.4. The summed E-state index contributed by atoms with van der Waals surface area (Å²) in [5.41, 5.74) is 0. The average molecular weight is 300 g/mol. The smallest absolute Gasteiger partial charge is 0.323 e. The van der Waals surface area contributed by atoms with Gasteiger partial charge < -0.3 is 20.0 Å². The Balaban J connectivity index is 2.73. The minimum Gasteiger partial charge on any atom is -0.480 e. The molecule has 1 aliphatic rings. The minimum absolute atomic E-state index is 0.00128. The van der Waals surface area contributed by atoms with E-state index in [2.05, 4.69) is 0 Å². The van der Waals surface area contributed by atoms with Crippen molar-refractivity contribution < 1.29 is 29.4 Å². The first-order chi connectivity index (χ1) is 9.70. The van der Waals surface area contributed by atoms with Crippen molar-refractivity contribution in [1.29, 1.82) is 0 Å². The molecule has 1 unspecified atom stereocenters. The molecule has 8 nitrogen and oxygen atoms in total. The van der Waals surface area contributed by atoms with Gasteiger partial charge in [-0.1, -0.05) is 13.8 Å². The van der Waals surface area contributed by atoms with E-state index in [4.69, 9.17) is 10.2 Å². The number of hydrogen-bond acceptors (Lipinski definition) is 4. The topological polar surface area (TPSA) is 115 Å². The van der Waals surface area contributed by atoms with Crippen LogP contribution in [0, 0.1) is 11.8 Å². The van der Waals surface area contributed by atoms with Gasteiger partial charge in [-0.25, -0.2) is 0 Å². The lowest BCUT2D eigenvalue weighted by Crippen LogP contribution is -2.43. The zero-order valence-corrected chi connectivity index (χ0v) is 12.1. The molecule has 1 rings (SSSR count). The van der Waals surface area contributed by atoms with Crippen molar-refractivity contribution >= 4 is 23.8 Å². The third kappa shape index (κ3) is 5.05. The second kappa shape index (κ2) is 7.05. The number of carbonyl (C=O) groups excluding carboxylic acids is 2. The molecule has 0 saturated carbocycles. The molecule has 1 aliphatic heterocycles. The number of amides is 2. The van der Waals surface area contributed by atoms with E-state index >= 15 is 0 Å². The molecule has 1 saturated heterocycles. The molecule has 118 valence electrons. The molecule has 0 spiro atoms. The first-order valence-corrected chi connectivity index (χ1v) is 6.70. The van der Waals surface area contributed by atoms with E-state index in [9.17, 15) is 19.2 Å². The van der Waals surface area contributed by atoms with Gasteiger partial charge in [0.2, 0.25) is 11.8 Å². The number of nitrogens with zero attached hydrogens (tertiary/aromatic N) is 2. The summed E-state index contributed by atoms with van der Waals surface area (Å²) < 4.78 is 0. The lowest BCUT2D eigenvalue weighted by molar-refractivity contribution is -0.151. The van der Waals surface area contributed by atoms with E-state index < -0.39 is 36.9 Å². The van der Waals surface area contributed by atoms with E-state index in [1.54, 1.807) is 4.90 Å². The zero-order valence-electron chi connectivity index (χ0n) is 12.1. The molecular weight excluding hydrogens is 280 g/mol. The van der Waals surface area contributed by atoms with Crippen LogP contribution >= 0.6 is 0 Å². The lowest BCUT2D eigenvalue weighted by Gasteiger charge is -2.23. The second-order valence-corrected chi connectivity index (χ2v) is 5.58. The molecule has 0 aromatic heterocycles. The summed E-state index contributed by atoms with van der Waals surface area (Å²) in [6.45, 7) is 3.28. The summed E-state index contributed by atoms with van der Waals surface area (Å²) in [6, 6.07) is 0. The van der Waals surface area contributed by atoms with Crippen molar-refractivity contribution in [2.75, 3.05) is 26.2 Å². The Morgan fingerprint density at radius 2 is 1.76 bits per heavy atom. The Morgan fingerprint density at radius 3 is 2.19 bits per heavy atom. The summed E-state index contributed by atoms with van der Waals surface area (Å²) in [6.07, 6.45) is 0.00128. The largest absolute Gasteiger partial charge is 0.480 e. The molecule has 0 aromatic carbocycles. The Hall–Kier alpha value is -2.12. The van der Waals surface area contributed by atoms with Crippen LogP contribution in [0.2, 0.25) is 0 Å². The molecule has 2 N–H and O–H groups in total. The van der Waals surface area contributed by atoms with Crippen LogP contribution in [0.1, 0.15) is 20.3 Å². The molecule has 0 aromatic rings. The van der Waals surface area contributed by atoms with Crippen molar-refractivity contribution in [2.24, 2.45) is 11.8 Å². The standard InChI is InChI=1S/C13H20N2O6/c1-8(2)4-14-5-9(3-10(14)16)13(21)15(6-11(17)18)7-12(19)20/h8-9H,3-7H2,1-2H3,(H,17,18)(H,19,20). The number of rotatable bonds is 7. The quantitative estimate of drug-likeness (QED) is 0.654. The van der Waals surface area contributed by atoms with E-state index in [1.807, 2.05) is 13.8 Å². The zero-order chi connectivity index (χ0) is 16.2. The van der Waals surface area contributed by atoms with Gasteiger partial charge in [-0.15, -0.1) is 0 Å². The monoisotopic (exact) mass is 300 g/mol. The maximum atomic E-state index is 12.2. The minimum atomic E-state index is -1.28. The van der Waals surface area contributed by atoms with Crippen LogP contribution in [0.25, 0.3) is 0 Å². The number of hydrogen-bond donors (Lipinski definition) is 2. The van der Waals surface area contributed by atoms with E-state index in [-0.39, 0.29) is 24.8 Å². The highest BCUT2D eigenvalue weighted by Gasteiger charge is 2.37. The van der Waals surface area contributed by atoms with Crippen LogP contribution in [0.3, 0.4) is 0 Å². The van der Waals surface area contributed by atoms with Crippen molar-refractivity contribution in [3.8, 4) is 0 Å². The van der Waals surface area contributed by atoms with Gasteiger partial charge in [0.25, 0.3) is 0 Å². The Kier molecular flexibility index (Phi) is 5.69. The van der Waals surface area contributed by atoms with Gasteiger partial charge >= 0.3 is 11.9 Å². The van der Waals surface area contributed by atoms with Gasteiger partial charge in [-0.3, -0.25) is 19.2 Å². The summed E-state index contributed by atoms with van der Waals surface area (Å²) in [5, 5.41) is 17.5. The highest BCUT2D eigenvalue weighted by Crippen LogP contribution is 2.21. The predicted octanol–water partition coefficient (Wildman–Crippen LogP) is -0.511. The predicted molar refractivity (Wildman–Crippen MR) is 71.4 cm³/mol. The maximum absolute atomic E-state index is 12.2. The highest BCUT2D eigenvalue weighted by molar-refractivity contribution is 5.92. The number of likely N-dealkylation sites (tertiary alicyclic amines) is 1.